The van der Waals surface area contributed by atoms with Crippen LogP contribution in [0.15, 0.2) is 29.2 Å². The van der Waals surface area contributed by atoms with E-state index >= 15 is 0 Å². The minimum absolute atomic E-state index is 0.0449. The third-order valence-corrected chi connectivity index (χ3v) is 5.84. The van der Waals surface area contributed by atoms with Crippen LogP contribution in [0, 0.1) is 0 Å². The predicted molar refractivity (Wildman–Crippen MR) is 98.6 cm³/mol. The third kappa shape index (κ3) is 5.03. The quantitative estimate of drug-likeness (QED) is 0.698. The average molecular weight is 384 g/mol. The maximum absolute atomic E-state index is 12.6. The maximum Gasteiger partial charge on any atom is 0.251 e. The normalized spacial score (nSPS) is 21.5. The van der Waals surface area contributed by atoms with Gasteiger partial charge in [0.25, 0.3) is 5.91 Å². The fourth-order valence-corrected chi connectivity index (χ4v) is 4.25. The van der Waals surface area contributed by atoms with Gasteiger partial charge in [-0.3, -0.25) is 4.79 Å². The Morgan fingerprint density at radius 1 is 1.31 bits per heavy atom. The Hall–Kier alpha value is -1.48. The van der Waals surface area contributed by atoms with Gasteiger partial charge in [-0.2, -0.15) is 0 Å². The van der Waals surface area contributed by atoms with E-state index in [0.29, 0.717) is 12.0 Å². The van der Waals surface area contributed by atoms with Crippen molar-refractivity contribution in [1.82, 2.24) is 10.0 Å². The summed E-state index contributed by atoms with van der Waals surface area (Å²) in [4.78, 5) is 12.7. The Morgan fingerprint density at radius 2 is 2.00 bits per heavy atom. The van der Waals surface area contributed by atoms with E-state index in [9.17, 15) is 13.2 Å². The fraction of sp³-hybridized carbons (Fsp3) is 0.611. The molecule has 1 amide bonds. The number of rotatable bonds is 7. The van der Waals surface area contributed by atoms with Crippen LogP contribution in [0.5, 0.6) is 0 Å². The van der Waals surface area contributed by atoms with Crippen LogP contribution < -0.4 is 10.0 Å². The molecule has 1 saturated heterocycles. The number of benzene rings is 1. The van der Waals surface area contributed by atoms with E-state index in [1.165, 1.54) is 19.2 Å². The summed E-state index contributed by atoms with van der Waals surface area (Å²) in [6.45, 7) is 8.28. The van der Waals surface area contributed by atoms with Crippen LogP contribution in [-0.4, -0.2) is 51.8 Å². The number of hydrogen-bond donors (Lipinski definition) is 2. The number of ether oxygens (including phenoxy) is 2. The number of amides is 1. The molecule has 1 unspecified atom stereocenters. The Balaban J connectivity index is 2.13. The van der Waals surface area contributed by atoms with Crippen molar-refractivity contribution < 1.29 is 22.7 Å². The number of methoxy groups -OCH3 is 1. The third-order valence-electron chi connectivity index (χ3n) is 4.38. The molecule has 1 atom stereocenters. The average Bonchev–Trinajstić information content (AvgIpc) is 2.74. The molecule has 1 aliphatic heterocycles. The first kappa shape index (κ1) is 20.8. The molecule has 26 heavy (non-hydrogen) atoms. The molecule has 2 rings (SSSR count). The van der Waals surface area contributed by atoms with Crippen molar-refractivity contribution in [2.75, 3.05) is 20.3 Å². The first-order chi connectivity index (χ1) is 12.0. The molecule has 1 fully saturated rings. The van der Waals surface area contributed by atoms with Crippen molar-refractivity contribution in [3.05, 3.63) is 29.8 Å². The van der Waals surface area contributed by atoms with Crippen LogP contribution in [0.25, 0.3) is 0 Å². The van der Waals surface area contributed by atoms with Gasteiger partial charge in [-0.15, -0.1) is 0 Å². The highest BCUT2D eigenvalue weighted by Crippen LogP contribution is 2.37. The van der Waals surface area contributed by atoms with Crippen molar-refractivity contribution in [2.24, 2.45) is 0 Å². The molecule has 1 aromatic carbocycles. The molecule has 0 radical (unpaired) electrons. The zero-order chi connectivity index (χ0) is 19.6. The second-order valence-electron chi connectivity index (χ2n) is 7.61. The number of carbonyl (C=O) groups is 1. The summed E-state index contributed by atoms with van der Waals surface area (Å²) >= 11 is 0. The van der Waals surface area contributed by atoms with Gasteiger partial charge in [0.05, 0.1) is 28.7 Å². The molecule has 0 aliphatic carbocycles. The van der Waals surface area contributed by atoms with Crippen LogP contribution >= 0.6 is 0 Å². The van der Waals surface area contributed by atoms with Crippen molar-refractivity contribution in [2.45, 2.75) is 56.3 Å². The topological polar surface area (TPSA) is 93.7 Å². The smallest absolute Gasteiger partial charge is 0.251 e. The maximum atomic E-state index is 12.6. The van der Waals surface area contributed by atoms with Gasteiger partial charge in [0.2, 0.25) is 10.0 Å². The lowest BCUT2D eigenvalue weighted by Crippen LogP contribution is -2.46. The Bertz CT molecular complexity index is 759. The van der Waals surface area contributed by atoms with E-state index in [1.54, 1.807) is 12.1 Å². The van der Waals surface area contributed by atoms with Crippen LogP contribution in [0.1, 0.15) is 44.5 Å². The van der Waals surface area contributed by atoms with Gasteiger partial charge in [-0.25, -0.2) is 13.1 Å². The van der Waals surface area contributed by atoms with Crippen LogP contribution in [-0.2, 0) is 19.5 Å². The molecular weight excluding hydrogens is 356 g/mol. The lowest BCUT2D eigenvalue weighted by molar-refractivity contribution is -0.0693. The van der Waals surface area contributed by atoms with Crippen molar-refractivity contribution >= 4 is 15.9 Å². The van der Waals surface area contributed by atoms with E-state index in [2.05, 4.69) is 10.0 Å². The number of hydrogen-bond acceptors (Lipinski definition) is 5. The van der Waals surface area contributed by atoms with Gasteiger partial charge in [-0.05, 0) is 52.3 Å². The highest BCUT2D eigenvalue weighted by molar-refractivity contribution is 7.89. The van der Waals surface area contributed by atoms with Gasteiger partial charge in [0.1, 0.15) is 0 Å². The van der Waals surface area contributed by atoms with E-state index in [4.69, 9.17) is 9.47 Å². The van der Waals surface area contributed by atoms with E-state index in [-0.39, 0.29) is 35.6 Å². The summed E-state index contributed by atoms with van der Waals surface area (Å²) in [5.41, 5.74) is -0.525. The summed E-state index contributed by atoms with van der Waals surface area (Å²) in [5, 5.41) is 2.97. The van der Waals surface area contributed by atoms with E-state index in [1.807, 2.05) is 27.7 Å². The summed E-state index contributed by atoms with van der Waals surface area (Å²) < 4.78 is 37.9. The van der Waals surface area contributed by atoms with Gasteiger partial charge < -0.3 is 14.8 Å². The number of nitrogens with one attached hydrogen (secondary N) is 2. The Labute approximate surface area is 155 Å². The molecule has 1 aromatic rings. The molecular formula is C18H28N2O5S. The second-order valence-corrected chi connectivity index (χ2v) is 9.38. The van der Waals surface area contributed by atoms with Crippen LogP contribution in [0.3, 0.4) is 0 Å². The molecule has 146 valence electrons. The van der Waals surface area contributed by atoms with Gasteiger partial charge >= 0.3 is 0 Å². The zero-order valence-corrected chi connectivity index (χ0v) is 16.8. The molecule has 7 nitrogen and oxygen atoms in total. The summed E-state index contributed by atoms with van der Waals surface area (Å²) in [7, 11) is -2.20. The van der Waals surface area contributed by atoms with E-state index in [0.717, 1.165) is 0 Å². The fourth-order valence-electron chi connectivity index (χ4n) is 3.19. The van der Waals surface area contributed by atoms with Crippen molar-refractivity contribution in [3.63, 3.8) is 0 Å². The number of sulfonamides is 1. The van der Waals surface area contributed by atoms with Crippen molar-refractivity contribution in [1.29, 1.82) is 0 Å². The highest BCUT2D eigenvalue weighted by Gasteiger charge is 2.46. The monoisotopic (exact) mass is 384 g/mol. The van der Waals surface area contributed by atoms with Crippen LogP contribution in [0.2, 0.25) is 0 Å². The molecule has 0 spiro atoms. The molecule has 2 N–H and O–H groups in total. The molecule has 8 heteroatoms. The largest absolute Gasteiger partial charge is 0.383 e. The van der Waals surface area contributed by atoms with Gasteiger partial charge in [-0.1, -0.05) is 6.07 Å². The van der Waals surface area contributed by atoms with Gasteiger partial charge in [0, 0.05) is 19.2 Å². The van der Waals surface area contributed by atoms with Crippen molar-refractivity contribution in [3.8, 4) is 0 Å². The minimum atomic E-state index is -3.69. The molecule has 0 saturated carbocycles. The Kier molecular flexibility index (Phi) is 6.12. The first-order valence-electron chi connectivity index (χ1n) is 8.56. The lowest BCUT2D eigenvalue weighted by Gasteiger charge is -2.27. The van der Waals surface area contributed by atoms with Crippen LogP contribution in [0.4, 0.5) is 0 Å². The summed E-state index contributed by atoms with van der Waals surface area (Å²) in [6.07, 6.45) is 0.683. The molecule has 1 heterocycles. The zero-order valence-electron chi connectivity index (χ0n) is 16.0. The molecule has 0 bridgehead atoms. The standard InChI is InChI=1S/C18H28N2O5S/c1-17(2)12-15(18(3,4)25-17)20-16(21)13-7-6-8-14(11-13)26(22,23)19-9-10-24-5/h6-8,11,15,19H,9-10,12H2,1-5H3,(H,20,21). The molecule has 0 aromatic heterocycles. The highest BCUT2D eigenvalue weighted by atomic mass is 32.2. The SMILES string of the molecule is COCCNS(=O)(=O)c1cccc(C(=O)NC2CC(C)(C)OC2(C)C)c1. The first-order valence-corrected chi connectivity index (χ1v) is 10.0. The predicted octanol–water partition coefficient (Wildman–Crippen LogP) is 1.69. The lowest BCUT2D eigenvalue weighted by atomic mass is 9.94. The van der Waals surface area contributed by atoms with Gasteiger partial charge in [0.15, 0.2) is 0 Å². The summed E-state index contributed by atoms with van der Waals surface area (Å²) in [6, 6.07) is 5.82. The number of carbonyl (C=O) groups excluding carboxylic acids is 1. The molecule has 1 aliphatic rings. The van der Waals surface area contributed by atoms with E-state index < -0.39 is 15.6 Å². The minimum Gasteiger partial charge on any atom is -0.383 e. The summed E-state index contributed by atoms with van der Waals surface area (Å²) in [5.74, 6) is -0.321. The Morgan fingerprint density at radius 3 is 2.58 bits per heavy atom. The second kappa shape index (κ2) is 7.64.